The number of carbonyl (C=O) groups is 4. The molecule has 0 unspecified atom stereocenters. The van der Waals surface area contributed by atoms with Crippen molar-refractivity contribution in [2.45, 2.75) is 106 Å². The van der Waals surface area contributed by atoms with E-state index in [0.717, 1.165) is 6.42 Å². The van der Waals surface area contributed by atoms with Crippen molar-refractivity contribution >= 4 is 33.7 Å². The van der Waals surface area contributed by atoms with Crippen LogP contribution >= 0.6 is 0 Å². The van der Waals surface area contributed by atoms with Crippen LogP contribution < -0.4 is 15.4 Å². The monoisotopic (exact) mass is 576 g/mol. The molecule has 0 aromatic heterocycles. The molecule has 39 heavy (non-hydrogen) atoms. The van der Waals surface area contributed by atoms with E-state index in [1.54, 1.807) is 0 Å². The van der Waals surface area contributed by atoms with Crippen LogP contribution in [0.3, 0.4) is 0 Å². The van der Waals surface area contributed by atoms with Gasteiger partial charge in [-0.2, -0.15) is 13.2 Å². The molecule has 0 aromatic rings. The topological polar surface area (TPSA) is 142 Å². The maximum atomic E-state index is 13.5. The number of nitrogens with one attached hydrogen (secondary N) is 3. The number of rotatable bonds is 6. The van der Waals surface area contributed by atoms with Crippen LogP contribution in [-0.2, 0) is 29.2 Å². The number of allylic oxidation sites excluding steroid dienone is 1. The SMILES string of the molecule is O=C(CCC(F)(F)F)N[C@H]1CCCCCC=C[C@@H]2C[C@@]2(C(=O)NS(=O)(=O)C2CC2)NC(=O)[C@@H]2CCCN2C1=O. The van der Waals surface area contributed by atoms with E-state index in [4.69, 9.17) is 0 Å². The fourth-order valence-electron chi connectivity index (χ4n) is 5.30. The third-order valence-corrected chi connectivity index (χ3v) is 9.62. The van der Waals surface area contributed by atoms with Crippen molar-refractivity contribution in [3.8, 4) is 0 Å². The van der Waals surface area contributed by atoms with Gasteiger partial charge >= 0.3 is 6.18 Å². The molecule has 3 N–H and O–H groups in total. The van der Waals surface area contributed by atoms with Crippen molar-refractivity contribution in [1.82, 2.24) is 20.3 Å². The van der Waals surface area contributed by atoms with E-state index in [9.17, 15) is 40.8 Å². The Kier molecular flexibility index (Phi) is 8.62. The Labute approximate surface area is 225 Å². The molecule has 4 aliphatic rings. The minimum Gasteiger partial charge on any atom is -0.344 e. The lowest BCUT2D eigenvalue weighted by atomic mass is 10.0. The normalized spacial score (nSPS) is 30.3. The molecule has 10 nitrogen and oxygen atoms in total. The quantitative estimate of drug-likeness (QED) is 0.412. The molecule has 0 aromatic carbocycles. The first-order valence-corrected chi connectivity index (χ1v) is 15.1. The van der Waals surface area contributed by atoms with E-state index in [0.29, 0.717) is 44.9 Å². The maximum absolute atomic E-state index is 13.5. The molecule has 4 rings (SSSR count). The van der Waals surface area contributed by atoms with E-state index < -0.39 is 81.5 Å². The van der Waals surface area contributed by atoms with E-state index in [1.807, 2.05) is 12.2 Å². The fraction of sp³-hybridized carbons (Fsp3) is 0.760. The fourth-order valence-corrected chi connectivity index (χ4v) is 6.66. The molecule has 2 aliphatic heterocycles. The molecule has 0 bridgehead atoms. The number of nitrogens with zero attached hydrogens (tertiary/aromatic N) is 1. The second kappa shape index (κ2) is 11.5. The van der Waals surface area contributed by atoms with Crippen molar-refractivity contribution in [2.24, 2.45) is 5.92 Å². The molecule has 4 amide bonds. The summed E-state index contributed by atoms with van der Waals surface area (Å²) in [6.07, 6.45) is 1.87. The number of fused-ring (bicyclic) bond motifs is 2. The van der Waals surface area contributed by atoms with Gasteiger partial charge in [-0.15, -0.1) is 0 Å². The zero-order valence-electron chi connectivity index (χ0n) is 21.6. The van der Waals surface area contributed by atoms with Gasteiger partial charge in [0, 0.05) is 18.9 Å². The van der Waals surface area contributed by atoms with Gasteiger partial charge in [0.2, 0.25) is 27.7 Å². The van der Waals surface area contributed by atoms with Crippen LogP contribution in [0.2, 0.25) is 0 Å². The van der Waals surface area contributed by atoms with Gasteiger partial charge < -0.3 is 15.5 Å². The van der Waals surface area contributed by atoms with Crippen molar-refractivity contribution in [3.63, 3.8) is 0 Å². The Balaban J connectivity index is 1.51. The number of sulfonamides is 1. The highest BCUT2D eigenvalue weighted by molar-refractivity contribution is 7.91. The lowest BCUT2D eigenvalue weighted by Gasteiger charge is -2.30. The maximum Gasteiger partial charge on any atom is 0.389 e. The van der Waals surface area contributed by atoms with E-state index in [-0.39, 0.29) is 19.4 Å². The molecule has 2 heterocycles. The molecule has 3 fully saturated rings. The van der Waals surface area contributed by atoms with Crippen molar-refractivity contribution in [2.75, 3.05) is 6.54 Å². The van der Waals surface area contributed by atoms with Crippen LogP contribution in [0.4, 0.5) is 13.2 Å². The largest absolute Gasteiger partial charge is 0.389 e. The zero-order valence-corrected chi connectivity index (χ0v) is 22.4. The Morgan fingerprint density at radius 1 is 1.08 bits per heavy atom. The minimum atomic E-state index is -4.50. The van der Waals surface area contributed by atoms with E-state index in [1.165, 1.54) is 4.90 Å². The highest BCUT2D eigenvalue weighted by Gasteiger charge is 2.61. The number of halogens is 3. The predicted octanol–water partition coefficient (Wildman–Crippen LogP) is 1.81. The Morgan fingerprint density at radius 2 is 1.82 bits per heavy atom. The summed E-state index contributed by atoms with van der Waals surface area (Å²) in [6.45, 7) is 0.213. The predicted molar refractivity (Wildman–Crippen MR) is 133 cm³/mol. The van der Waals surface area contributed by atoms with Gasteiger partial charge in [0.15, 0.2) is 0 Å². The van der Waals surface area contributed by atoms with Crippen molar-refractivity contribution in [3.05, 3.63) is 12.2 Å². The van der Waals surface area contributed by atoms with Crippen LogP contribution in [-0.4, -0.2) is 72.5 Å². The number of hydrogen-bond acceptors (Lipinski definition) is 6. The van der Waals surface area contributed by atoms with Crippen LogP contribution in [0.15, 0.2) is 12.2 Å². The third kappa shape index (κ3) is 7.31. The summed E-state index contributed by atoms with van der Waals surface area (Å²) < 4.78 is 64.7. The van der Waals surface area contributed by atoms with E-state index >= 15 is 0 Å². The lowest BCUT2D eigenvalue weighted by Crippen LogP contribution is -2.58. The summed E-state index contributed by atoms with van der Waals surface area (Å²) in [7, 11) is -3.84. The summed E-state index contributed by atoms with van der Waals surface area (Å²) in [5.41, 5.74) is -1.45. The first-order chi connectivity index (χ1) is 18.3. The summed E-state index contributed by atoms with van der Waals surface area (Å²) in [5.74, 6) is -3.24. The first kappa shape index (κ1) is 29.3. The van der Waals surface area contributed by atoms with Gasteiger partial charge in [0.1, 0.15) is 17.6 Å². The second-order valence-electron chi connectivity index (χ2n) is 10.9. The van der Waals surface area contributed by atoms with Crippen molar-refractivity contribution < 1.29 is 40.8 Å². The smallest absolute Gasteiger partial charge is 0.344 e. The van der Waals surface area contributed by atoms with Gasteiger partial charge in [-0.1, -0.05) is 25.0 Å². The molecule has 2 saturated carbocycles. The highest BCUT2D eigenvalue weighted by Crippen LogP contribution is 2.46. The minimum absolute atomic E-state index is 0.213. The van der Waals surface area contributed by atoms with Crippen molar-refractivity contribution in [1.29, 1.82) is 0 Å². The molecule has 1 saturated heterocycles. The van der Waals surface area contributed by atoms with Crippen LogP contribution in [0, 0.1) is 5.92 Å². The van der Waals surface area contributed by atoms with Gasteiger partial charge in [0.05, 0.1) is 11.7 Å². The molecule has 4 atom stereocenters. The Hall–Kier alpha value is -2.64. The standard InChI is InChI=1S/C25H35F3N4O6S/c26-25(27,28)13-12-20(33)29-18-8-5-3-1-2-4-7-16-15-24(16,23(36)31-39(37,38)17-10-11-17)30-21(34)19-9-6-14-32(19)22(18)35/h4,7,16-19H,1-3,5-6,8-15H2,(H,29,33)(H,30,34)(H,31,36)/t16-,18+,19+,24-/m1/s1. The van der Waals surface area contributed by atoms with Crippen LogP contribution in [0.25, 0.3) is 0 Å². The van der Waals surface area contributed by atoms with E-state index in [2.05, 4.69) is 15.4 Å². The Morgan fingerprint density at radius 3 is 2.51 bits per heavy atom. The Bertz CT molecular complexity index is 1120. The molecular formula is C25H35F3N4O6S. The molecule has 2 aliphatic carbocycles. The summed E-state index contributed by atoms with van der Waals surface area (Å²) >= 11 is 0. The lowest BCUT2D eigenvalue weighted by molar-refractivity contribution is -0.146. The highest BCUT2D eigenvalue weighted by atomic mass is 32.2. The summed E-state index contributed by atoms with van der Waals surface area (Å²) in [6, 6.07) is -2.03. The third-order valence-electron chi connectivity index (χ3n) is 7.80. The second-order valence-corrected chi connectivity index (χ2v) is 12.9. The number of carbonyl (C=O) groups excluding carboxylic acids is 4. The molecule has 0 radical (unpaired) electrons. The van der Waals surface area contributed by atoms with Crippen LogP contribution in [0.1, 0.15) is 77.0 Å². The van der Waals surface area contributed by atoms with Gasteiger partial charge in [-0.05, 0) is 51.4 Å². The van der Waals surface area contributed by atoms with Crippen LogP contribution in [0.5, 0.6) is 0 Å². The first-order valence-electron chi connectivity index (χ1n) is 13.5. The average Bonchev–Trinajstić information content (AvgIpc) is 3.77. The molecular weight excluding hydrogens is 541 g/mol. The van der Waals surface area contributed by atoms with Gasteiger partial charge in [-0.3, -0.25) is 23.9 Å². The number of amides is 4. The number of alkyl halides is 3. The molecule has 0 spiro atoms. The van der Waals surface area contributed by atoms with Gasteiger partial charge in [0.25, 0.3) is 5.91 Å². The molecule has 14 heteroatoms. The number of hydrogen-bond donors (Lipinski definition) is 3. The summed E-state index contributed by atoms with van der Waals surface area (Å²) in [4.78, 5) is 53.6. The average molecular weight is 577 g/mol. The molecule has 218 valence electrons. The zero-order chi connectivity index (χ0) is 28.4. The summed E-state index contributed by atoms with van der Waals surface area (Å²) in [5, 5.41) is 4.55. The van der Waals surface area contributed by atoms with Gasteiger partial charge in [-0.25, -0.2) is 8.42 Å².